The molecule has 1 fully saturated rings. The summed E-state index contributed by atoms with van der Waals surface area (Å²) in [7, 11) is -3.57. The molecule has 1 aliphatic heterocycles. The summed E-state index contributed by atoms with van der Waals surface area (Å²) in [5.41, 5.74) is 2.13. The van der Waals surface area contributed by atoms with E-state index in [1.165, 1.54) is 23.5 Å². The topological polar surface area (TPSA) is 92.3 Å². The number of carbonyl (C=O) groups is 1. The summed E-state index contributed by atoms with van der Waals surface area (Å²) in [4.78, 5) is 22.1. The number of aromatic nitrogens is 2. The van der Waals surface area contributed by atoms with Gasteiger partial charge in [-0.05, 0) is 62.4 Å². The van der Waals surface area contributed by atoms with E-state index < -0.39 is 10.0 Å². The normalized spacial score (nSPS) is 17.6. The van der Waals surface area contributed by atoms with Crippen LogP contribution in [-0.2, 0) is 10.0 Å². The summed E-state index contributed by atoms with van der Waals surface area (Å²) in [5.74, 6) is -0.324. The molecule has 0 spiro atoms. The molecule has 4 aromatic rings. The third kappa shape index (κ3) is 4.28. The van der Waals surface area contributed by atoms with Crippen molar-refractivity contribution in [1.29, 1.82) is 0 Å². The van der Waals surface area contributed by atoms with E-state index in [1.54, 1.807) is 39.5 Å². The number of carbonyl (C=O) groups excluding carboxylic acids is 1. The second-order valence-corrected chi connectivity index (χ2v) is 12.8. The molecule has 1 unspecified atom stereocenters. The van der Waals surface area contributed by atoms with E-state index in [0.29, 0.717) is 17.2 Å². The summed E-state index contributed by atoms with van der Waals surface area (Å²) < 4.78 is 30.6. The Bertz CT molecular complexity index is 1440. The van der Waals surface area contributed by atoms with E-state index >= 15 is 0 Å². The quantitative estimate of drug-likeness (QED) is 0.354. The molecule has 1 aliphatic rings. The standard InChI is InChI=1S/C22H22N4O3S4/c1-13-5-3-4-12-26(13)33(28,29)15-8-6-14(7-9-15)20(27)25-21-23-16-10-11-17-19(18(16)31-21)32-22(24-17)30-2/h6-11,13H,3-5,12H2,1-2H3,(H,23,25,27). The number of hydrogen-bond acceptors (Lipinski definition) is 8. The number of fused-ring (bicyclic) bond motifs is 3. The number of rotatable bonds is 5. The maximum atomic E-state index is 13.0. The van der Waals surface area contributed by atoms with Crippen LogP contribution in [0.3, 0.4) is 0 Å². The molecular formula is C22H22N4O3S4. The first-order chi connectivity index (χ1) is 15.9. The van der Waals surface area contributed by atoms with E-state index in [9.17, 15) is 13.2 Å². The van der Waals surface area contributed by atoms with Gasteiger partial charge < -0.3 is 0 Å². The van der Waals surface area contributed by atoms with Crippen molar-refractivity contribution in [2.24, 2.45) is 0 Å². The van der Waals surface area contributed by atoms with E-state index in [4.69, 9.17) is 0 Å². The molecule has 5 rings (SSSR count). The van der Waals surface area contributed by atoms with Gasteiger partial charge in [0, 0.05) is 18.2 Å². The molecule has 1 atom stereocenters. The molecule has 1 saturated heterocycles. The van der Waals surface area contributed by atoms with Crippen molar-refractivity contribution in [3.05, 3.63) is 42.0 Å². The molecular weight excluding hydrogens is 497 g/mol. The zero-order valence-corrected chi connectivity index (χ0v) is 21.3. The highest BCUT2D eigenvalue weighted by molar-refractivity contribution is 8.00. The zero-order valence-electron chi connectivity index (χ0n) is 18.1. The van der Waals surface area contributed by atoms with Crippen LogP contribution in [0.2, 0.25) is 0 Å². The van der Waals surface area contributed by atoms with Gasteiger partial charge in [-0.3, -0.25) is 10.1 Å². The Hall–Kier alpha value is -2.05. The van der Waals surface area contributed by atoms with Crippen molar-refractivity contribution in [3.63, 3.8) is 0 Å². The molecule has 2 aromatic heterocycles. The third-order valence-corrected chi connectivity index (χ3v) is 11.0. The van der Waals surface area contributed by atoms with Crippen LogP contribution in [0.1, 0.15) is 36.5 Å². The summed E-state index contributed by atoms with van der Waals surface area (Å²) >= 11 is 4.64. The summed E-state index contributed by atoms with van der Waals surface area (Å²) in [5, 5.41) is 3.35. The maximum absolute atomic E-state index is 13.0. The van der Waals surface area contributed by atoms with Crippen molar-refractivity contribution in [2.45, 2.75) is 41.5 Å². The predicted molar refractivity (Wildman–Crippen MR) is 136 cm³/mol. The van der Waals surface area contributed by atoms with E-state index in [-0.39, 0.29) is 16.8 Å². The van der Waals surface area contributed by atoms with Crippen molar-refractivity contribution in [2.75, 3.05) is 18.1 Å². The minimum Gasteiger partial charge on any atom is -0.298 e. The van der Waals surface area contributed by atoms with E-state index in [2.05, 4.69) is 15.3 Å². The first kappa shape index (κ1) is 22.7. The Morgan fingerprint density at radius 1 is 1.06 bits per heavy atom. The lowest BCUT2D eigenvalue weighted by Gasteiger charge is -2.32. The van der Waals surface area contributed by atoms with Gasteiger partial charge in [-0.25, -0.2) is 18.4 Å². The Labute approximate surface area is 204 Å². The van der Waals surface area contributed by atoms with Crippen molar-refractivity contribution in [3.8, 4) is 0 Å². The summed E-state index contributed by atoms with van der Waals surface area (Å²) in [6.07, 6.45) is 4.79. The highest BCUT2D eigenvalue weighted by atomic mass is 32.2. The monoisotopic (exact) mass is 518 g/mol. The molecule has 0 radical (unpaired) electrons. The molecule has 1 amide bonds. The number of sulfonamides is 1. The fraction of sp³-hybridized carbons (Fsp3) is 0.318. The molecule has 11 heteroatoms. The lowest BCUT2D eigenvalue weighted by Crippen LogP contribution is -2.41. The van der Waals surface area contributed by atoms with Crippen molar-refractivity contribution >= 4 is 75.9 Å². The Kier molecular flexibility index (Phi) is 6.17. The fourth-order valence-electron chi connectivity index (χ4n) is 4.01. The fourth-order valence-corrected chi connectivity index (χ4v) is 8.36. The average Bonchev–Trinajstić information content (AvgIpc) is 3.42. The minimum atomic E-state index is -3.57. The molecule has 1 N–H and O–H groups in total. The minimum absolute atomic E-state index is 0.0113. The van der Waals surface area contributed by atoms with E-state index in [0.717, 1.165) is 44.0 Å². The molecule has 172 valence electrons. The first-order valence-electron chi connectivity index (χ1n) is 10.5. The molecule has 0 aliphatic carbocycles. The van der Waals surface area contributed by atoms with Gasteiger partial charge in [-0.1, -0.05) is 29.5 Å². The number of anilines is 1. The van der Waals surface area contributed by atoms with Gasteiger partial charge in [0.2, 0.25) is 10.0 Å². The van der Waals surface area contributed by atoms with Crippen LogP contribution in [-0.4, -0.2) is 47.4 Å². The lowest BCUT2D eigenvalue weighted by atomic mass is 10.1. The van der Waals surface area contributed by atoms with Gasteiger partial charge in [0.05, 0.1) is 25.3 Å². The zero-order chi connectivity index (χ0) is 23.2. The van der Waals surface area contributed by atoms with E-state index in [1.807, 2.05) is 25.3 Å². The smallest absolute Gasteiger partial charge is 0.257 e. The molecule has 0 bridgehead atoms. The SMILES string of the molecule is CSc1nc2ccc3nc(NC(=O)c4ccc(S(=O)(=O)N5CCCCC5C)cc4)sc3c2s1. The largest absolute Gasteiger partial charge is 0.298 e. The van der Waals surface area contributed by atoms with Crippen LogP contribution in [0.15, 0.2) is 45.6 Å². The van der Waals surface area contributed by atoms with Gasteiger partial charge in [-0.15, -0.1) is 11.3 Å². The summed E-state index contributed by atoms with van der Waals surface area (Å²) in [6, 6.07) is 9.97. The van der Waals surface area contributed by atoms with Gasteiger partial charge >= 0.3 is 0 Å². The number of thiazole rings is 2. The maximum Gasteiger partial charge on any atom is 0.257 e. The van der Waals surface area contributed by atoms with Gasteiger partial charge in [0.1, 0.15) is 0 Å². The van der Waals surface area contributed by atoms with Gasteiger partial charge in [0.25, 0.3) is 5.91 Å². The number of nitrogens with zero attached hydrogens (tertiary/aromatic N) is 3. The predicted octanol–water partition coefficient (Wildman–Crippen LogP) is 5.44. The average molecular weight is 519 g/mol. The lowest BCUT2D eigenvalue weighted by molar-refractivity contribution is 0.102. The third-order valence-electron chi connectivity index (χ3n) is 5.75. The van der Waals surface area contributed by atoms with Crippen molar-refractivity contribution < 1.29 is 13.2 Å². The Balaban J connectivity index is 1.36. The van der Waals surface area contributed by atoms with Crippen LogP contribution < -0.4 is 5.32 Å². The number of benzene rings is 2. The Morgan fingerprint density at radius 2 is 1.76 bits per heavy atom. The van der Waals surface area contributed by atoms with Gasteiger partial charge in [0.15, 0.2) is 9.47 Å². The number of thioether (sulfide) groups is 1. The molecule has 33 heavy (non-hydrogen) atoms. The first-order valence-corrected chi connectivity index (χ1v) is 14.8. The van der Waals surface area contributed by atoms with Crippen LogP contribution in [0.25, 0.3) is 20.4 Å². The van der Waals surface area contributed by atoms with Crippen LogP contribution in [0.4, 0.5) is 5.13 Å². The summed E-state index contributed by atoms with van der Waals surface area (Å²) in [6.45, 7) is 2.48. The number of amides is 1. The number of hydrogen-bond donors (Lipinski definition) is 1. The molecule has 3 heterocycles. The van der Waals surface area contributed by atoms with Crippen LogP contribution in [0.5, 0.6) is 0 Å². The molecule has 0 saturated carbocycles. The second kappa shape index (κ2) is 8.95. The van der Waals surface area contributed by atoms with Gasteiger partial charge in [-0.2, -0.15) is 4.31 Å². The number of piperidine rings is 1. The number of nitrogens with one attached hydrogen (secondary N) is 1. The highest BCUT2D eigenvalue weighted by Gasteiger charge is 2.31. The van der Waals surface area contributed by atoms with Crippen molar-refractivity contribution in [1.82, 2.24) is 14.3 Å². The molecule has 2 aromatic carbocycles. The van der Waals surface area contributed by atoms with Crippen LogP contribution >= 0.6 is 34.4 Å². The molecule has 7 nitrogen and oxygen atoms in total. The van der Waals surface area contributed by atoms with Crippen LogP contribution in [0, 0.1) is 0 Å². The Morgan fingerprint density at radius 3 is 2.45 bits per heavy atom. The second-order valence-electron chi connectivity index (χ2n) is 7.90. The highest BCUT2D eigenvalue weighted by Crippen LogP contribution is 2.38.